The molecule has 2 rings (SSSR count). The van der Waals surface area contributed by atoms with Crippen LogP contribution in [-0.4, -0.2) is 27.6 Å². The second kappa shape index (κ2) is 7.42. The zero-order valence-corrected chi connectivity index (χ0v) is 15.4. The van der Waals surface area contributed by atoms with Crippen molar-refractivity contribution in [2.45, 2.75) is 6.54 Å². The zero-order valence-electron chi connectivity index (χ0n) is 13.1. The van der Waals surface area contributed by atoms with Crippen molar-refractivity contribution < 1.29 is 13.2 Å². The van der Waals surface area contributed by atoms with Gasteiger partial charge in [0.05, 0.1) is 22.5 Å². The first-order valence-electron chi connectivity index (χ1n) is 6.94. The molecule has 24 heavy (non-hydrogen) atoms. The van der Waals surface area contributed by atoms with Gasteiger partial charge in [0, 0.05) is 18.6 Å². The van der Waals surface area contributed by atoms with Crippen LogP contribution < -0.4 is 9.62 Å². The zero-order chi connectivity index (χ0) is 17.9. The van der Waals surface area contributed by atoms with Gasteiger partial charge in [0.1, 0.15) is 0 Å². The lowest BCUT2D eigenvalue weighted by molar-refractivity contribution is 0.0951. The number of rotatable bonds is 5. The van der Waals surface area contributed by atoms with Gasteiger partial charge >= 0.3 is 0 Å². The van der Waals surface area contributed by atoms with E-state index < -0.39 is 15.9 Å². The molecule has 0 saturated heterocycles. The first-order valence-corrected chi connectivity index (χ1v) is 9.55. The van der Waals surface area contributed by atoms with E-state index in [1.165, 1.54) is 19.2 Å². The van der Waals surface area contributed by atoms with Gasteiger partial charge in [-0.25, -0.2) is 8.42 Å². The Morgan fingerprint density at radius 2 is 1.75 bits per heavy atom. The van der Waals surface area contributed by atoms with E-state index in [-0.39, 0.29) is 10.6 Å². The number of amides is 1. The summed E-state index contributed by atoms with van der Waals surface area (Å²) in [4.78, 5) is 12.3. The molecule has 0 bridgehead atoms. The second-order valence-electron chi connectivity index (χ2n) is 5.20. The summed E-state index contributed by atoms with van der Waals surface area (Å²) in [6.07, 6.45) is 1.09. The van der Waals surface area contributed by atoms with E-state index in [4.69, 9.17) is 23.2 Å². The van der Waals surface area contributed by atoms with Crippen LogP contribution in [0.15, 0.2) is 42.5 Å². The van der Waals surface area contributed by atoms with Gasteiger partial charge in [-0.05, 0) is 35.9 Å². The Bertz CT molecular complexity index is 852. The van der Waals surface area contributed by atoms with E-state index in [0.29, 0.717) is 17.3 Å². The van der Waals surface area contributed by atoms with Crippen LogP contribution in [-0.2, 0) is 16.6 Å². The number of hydrogen-bond acceptors (Lipinski definition) is 3. The molecule has 0 fully saturated rings. The molecule has 0 aromatic heterocycles. The molecule has 128 valence electrons. The van der Waals surface area contributed by atoms with Crippen molar-refractivity contribution in [3.8, 4) is 0 Å². The summed E-state index contributed by atoms with van der Waals surface area (Å²) in [5.74, 6) is -0.390. The standard InChI is InChI=1S/C16H16Cl2N2O3S/c1-20(24(2,22)23)13-7-8-15(18)14(9-13)16(21)19-10-11-3-5-12(17)6-4-11/h3-9H,10H2,1-2H3,(H,19,21). The number of hydrogen-bond donors (Lipinski definition) is 1. The molecule has 0 heterocycles. The third kappa shape index (κ3) is 4.63. The normalized spacial score (nSPS) is 11.2. The van der Waals surface area contributed by atoms with E-state index in [1.54, 1.807) is 30.3 Å². The van der Waals surface area contributed by atoms with Crippen molar-refractivity contribution in [2.75, 3.05) is 17.6 Å². The number of nitrogens with zero attached hydrogens (tertiary/aromatic N) is 1. The molecule has 0 aliphatic carbocycles. The quantitative estimate of drug-likeness (QED) is 0.856. The number of nitrogens with one attached hydrogen (secondary N) is 1. The van der Waals surface area contributed by atoms with Gasteiger partial charge in [0.2, 0.25) is 10.0 Å². The van der Waals surface area contributed by atoms with Crippen molar-refractivity contribution >= 4 is 44.8 Å². The highest BCUT2D eigenvalue weighted by atomic mass is 35.5. The summed E-state index contributed by atoms with van der Waals surface area (Å²) < 4.78 is 24.3. The van der Waals surface area contributed by atoms with Crippen LogP contribution in [0.1, 0.15) is 15.9 Å². The molecule has 0 aliphatic rings. The molecular weight excluding hydrogens is 371 g/mol. The fraction of sp³-hybridized carbons (Fsp3) is 0.188. The van der Waals surface area contributed by atoms with Gasteiger partial charge in [-0.3, -0.25) is 9.10 Å². The molecule has 0 saturated carbocycles. The van der Waals surface area contributed by atoms with E-state index >= 15 is 0 Å². The summed E-state index contributed by atoms with van der Waals surface area (Å²) in [5, 5.41) is 3.61. The minimum absolute atomic E-state index is 0.207. The van der Waals surface area contributed by atoms with Gasteiger partial charge in [-0.15, -0.1) is 0 Å². The molecule has 1 N–H and O–H groups in total. The van der Waals surface area contributed by atoms with Crippen LogP contribution in [0.5, 0.6) is 0 Å². The van der Waals surface area contributed by atoms with Gasteiger partial charge < -0.3 is 5.32 Å². The predicted octanol–water partition coefficient (Wildman–Crippen LogP) is 3.32. The summed E-state index contributed by atoms with van der Waals surface area (Å²) in [6, 6.07) is 11.6. The van der Waals surface area contributed by atoms with Crippen LogP contribution in [0.2, 0.25) is 10.0 Å². The van der Waals surface area contributed by atoms with E-state index in [1.807, 2.05) is 0 Å². The fourth-order valence-electron chi connectivity index (χ4n) is 1.95. The Hall–Kier alpha value is -1.76. The third-order valence-corrected chi connectivity index (χ3v) is 5.21. The Morgan fingerprint density at radius 3 is 2.33 bits per heavy atom. The minimum atomic E-state index is -3.42. The van der Waals surface area contributed by atoms with E-state index in [0.717, 1.165) is 16.1 Å². The largest absolute Gasteiger partial charge is 0.348 e. The molecule has 2 aromatic rings. The van der Waals surface area contributed by atoms with Gasteiger partial charge in [0.15, 0.2) is 0 Å². The van der Waals surface area contributed by atoms with Gasteiger partial charge in [0.25, 0.3) is 5.91 Å². The lowest BCUT2D eigenvalue weighted by atomic mass is 10.1. The number of sulfonamides is 1. The number of benzene rings is 2. The highest BCUT2D eigenvalue weighted by Crippen LogP contribution is 2.24. The molecule has 0 spiro atoms. The molecule has 8 heteroatoms. The maximum absolute atomic E-state index is 12.3. The number of carbonyl (C=O) groups is 1. The Balaban J connectivity index is 2.18. The van der Waals surface area contributed by atoms with Crippen molar-refractivity contribution in [1.82, 2.24) is 5.32 Å². The van der Waals surface area contributed by atoms with Crippen LogP contribution in [0.25, 0.3) is 0 Å². The summed E-state index contributed by atoms with van der Waals surface area (Å²) in [7, 11) is -2.01. The fourth-order valence-corrected chi connectivity index (χ4v) is 2.78. The molecule has 2 aromatic carbocycles. The highest BCUT2D eigenvalue weighted by molar-refractivity contribution is 7.92. The monoisotopic (exact) mass is 386 g/mol. The second-order valence-corrected chi connectivity index (χ2v) is 8.06. The minimum Gasteiger partial charge on any atom is -0.348 e. The molecule has 0 radical (unpaired) electrons. The maximum atomic E-state index is 12.3. The van der Waals surface area contributed by atoms with Gasteiger partial charge in [-0.2, -0.15) is 0 Å². The number of halogens is 2. The van der Waals surface area contributed by atoms with Crippen LogP contribution >= 0.6 is 23.2 Å². The summed E-state index contributed by atoms with van der Waals surface area (Å²) in [5.41, 5.74) is 1.45. The van der Waals surface area contributed by atoms with E-state index in [9.17, 15) is 13.2 Å². The SMILES string of the molecule is CN(c1ccc(Cl)c(C(=O)NCc2ccc(Cl)cc2)c1)S(C)(=O)=O. The predicted molar refractivity (Wildman–Crippen MR) is 97.3 cm³/mol. The number of carbonyl (C=O) groups excluding carboxylic acids is 1. The average Bonchev–Trinajstić information content (AvgIpc) is 2.53. The summed E-state index contributed by atoms with van der Waals surface area (Å²) in [6.45, 7) is 0.304. The number of anilines is 1. The van der Waals surface area contributed by atoms with Crippen molar-refractivity contribution in [1.29, 1.82) is 0 Å². The molecule has 0 atom stereocenters. The van der Waals surface area contributed by atoms with Crippen molar-refractivity contribution in [3.05, 3.63) is 63.6 Å². The van der Waals surface area contributed by atoms with Crippen LogP contribution in [0, 0.1) is 0 Å². The maximum Gasteiger partial charge on any atom is 0.253 e. The Kier molecular flexibility index (Phi) is 5.74. The van der Waals surface area contributed by atoms with Crippen molar-refractivity contribution in [3.63, 3.8) is 0 Å². The smallest absolute Gasteiger partial charge is 0.253 e. The van der Waals surface area contributed by atoms with Crippen LogP contribution in [0.3, 0.4) is 0 Å². The lowest BCUT2D eigenvalue weighted by Gasteiger charge is -2.18. The van der Waals surface area contributed by atoms with Crippen LogP contribution in [0.4, 0.5) is 5.69 Å². The highest BCUT2D eigenvalue weighted by Gasteiger charge is 2.16. The lowest BCUT2D eigenvalue weighted by Crippen LogP contribution is -2.26. The molecule has 5 nitrogen and oxygen atoms in total. The molecule has 0 aliphatic heterocycles. The molecule has 0 unspecified atom stereocenters. The summed E-state index contributed by atoms with van der Waals surface area (Å²) >= 11 is 11.9. The first-order chi connectivity index (χ1) is 11.2. The third-order valence-electron chi connectivity index (χ3n) is 3.42. The Labute approximate surface area is 151 Å². The molecular formula is C16H16Cl2N2O3S. The average molecular weight is 387 g/mol. The first kappa shape index (κ1) is 18.6. The van der Waals surface area contributed by atoms with E-state index in [2.05, 4.69) is 5.32 Å². The van der Waals surface area contributed by atoms with Crippen molar-refractivity contribution in [2.24, 2.45) is 0 Å². The van der Waals surface area contributed by atoms with Gasteiger partial charge in [-0.1, -0.05) is 35.3 Å². The Morgan fingerprint density at radius 1 is 1.12 bits per heavy atom. The molecule has 1 amide bonds. The topological polar surface area (TPSA) is 66.5 Å².